The number of fused-ring (bicyclic) bond motifs is 1. The van der Waals surface area contributed by atoms with Gasteiger partial charge < -0.3 is 24.3 Å². The van der Waals surface area contributed by atoms with Crippen LogP contribution in [0.3, 0.4) is 0 Å². The van der Waals surface area contributed by atoms with Gasteiger partial charge >= 0.3 is 0 Å². The van der Waals surface area contributed by atoms with Crippen LogP contribution in [0.5, 0.6) is 11.5 Å². The van der Waals surface area contributed by atoms with E-state index in [2.05, 4.69) is 15.3 Å². The molecule has 10 heteroatoms. The minimum atomic E-state index is -0.560. The van der Waals surface area contributed by atoms with Gasteiger partial charge in [-0.2, -0.15) is 0 Å². The number of aromatic nitrogens is 2. The normalized spacial score (nSPS) is 14.1. The minimum absolute atomic E-state index is 0.119. The smallest absolute Gasteiger partial charge is 0.245 e. The number of hydrogen-bond donors (Lipinski definition) is 1. The second-order valence-corrected chi connectivity index (χ2v) is 6.18. The van der Waals surface area contributed by atoms with Crippen molar-refractivity contribution in [3.05, 3.63) is 41.0 Å². The molecule has 0 saturated carbocycles. The molecule has 0 fully saturated rings. The van der Waals surface area contributed by atoms with Crippen molar-refractivity contribution in [1.82, 2.24) is 9.97 Å². The Morgan fingerprint density at radius 3 is 2.52 bits per heavy atom. The molecule has 0 aliphatic heterocycles. The van der Waals surface area contributed by atoms with E-state index < -0.39 is 11.6 Å². The number of rotatable bonds is 8. The first-order valence-corrected chi connectivity index (χ1v) is 8.84. The highest BCUT2D eigenvalue weighted by atomic mass is 35.5. The standard InChI is InChI=1S/C19H18ClN3O6/c1-26-4-5-29-14-7-11-10(6-13(14)27-2)19(22-9-21-11)23-17-16(20)12(24)8-15(28-3)18(17)25/h6-9H,4-5H2,1-3H3,(H,21,22,23). The molecule has 0 spiro atoms. The number of anilines is 1. The van der Waals surface area contributed by atoms with Gasteiger partial charge in [0, 0.05) is 24.6 Å². The third-order valence-corrected chi connectivity index (χ3v) is 4.45. The third kappa shape index (κ3) is 4.15. The lowest BCUT2D eigenvalue weighted by Gasteiger charge is -2.17. The quantitative estimate of drug-likeness (QED) is 0.508. The first-order valence-electron chi connectivity index (χ1n) is 8.46. The zero-order valence-corrected chi connectivity index (χ0v) is 16.7. The van der Waals surface area contributed by atoms with Gasteiger partial charge in [0.2, 0.25) is 11.6 Å². The van der Waals surface area contributed by atoms with Crippen molar-refractivity contribution in [2.24, 2.45) is 0 Å². The summed E-state index contributed by atoms with van der Waals surface area (Å²) in [5, 5.41) is 3.11. The summed E-state index contributed by atoms with van der Waals surface area (Å²) in [6.45, 7) is 0.746. The Hall–Kier alpha value is -3.17. The van der Waals surface area contributed by atoms with Gasteiger partial charge in [-0.15, -0.1) is 0 Å². The number of Topliss-reactive ketones (excluding diaryl/α,β-unsaturated/α-hetero) is 1. The molecule has 1 N–H and O–H groups in total. The average molecular weight is 420 g/mol. The fourth-order valence-corrected chi connectivity index (χ4v) is 2.83. The van der Waals surface area contributed by atoms with E-state index in [4.69, 9.17) is 30.5 Å². The summed E-state index contributed by atoms with van der Waals surface area (Å²) in [5.74, 6) is -0.0386. The maximum Gasteiger partial charge on any atom is 0.245 e. The molecule has 0 radical (unpaired) electrons. The molecule has 0 bridgehead atoms. The minimum Gasteiger partial charge on any atom is -0.493 e. The maximum atomic E-state index is 12.5. The molecule has 1 heterocycles. The summed E-state index contributed by atoms with van der Waals surface area (Å²) in [7, 11) is 4.37. The highest BCUT2D eigenvalue weighted by Crippen LogP contribution is 2.35. The Bertz CT molecular complexity index is 1030. The SMILES string of the molecule is COCCOc1cc2ncnc(NC3=C(Cl)C(=O)C=C(OC)C3=O)c2cc1OC. The molecule has 0 unspecified atom stereocenters. The number of halogens is 1. The van der Waals surface area contributed by atoms with Crippen molar-refractivity contribution in [2.75, 3.05) is 39.9 Å². The van der Waals surface area contributed by atoms with Gasteiger partial charge in [-0.05, 0) is 6.07 Å². The van der Waals surface area contributed by atoms with Crippen LogP contribution >= 0.6 is 11.6 Å². The van der Waals surface area contributed by atoms with Crippen LogP contribution in [-0.2, 0) is 19.1 Å². The number of carbonyl (C=O) groups excluding carboxylic acids is 2. The number of nitrogens with one attached hydrogen (secondary N) is 1. The molecule has 9 nitrogen and oxygen atoms in total. The van der Waals surface area contributed by atoms with E-state index in [-0.39, 0.29) is 22.3 Å². The van der Waals surface area contributed by atoms with Crippen LogP contribution in [0.25, 0.3) is 10.9 Å². The van der Waals surface area contributed by atoms with Crippen LogP contribution in [-0.4, -0.2) is 56.1 Å². The number of allylic oxidation sites excluding steroid dienone is 2. The first kappa shape index (κ1) is 20.6. The van der Waals surface area contributed by atoms with Crippen LogP contribution < -0.4 is 14.8 Å². The van der Waals surface area contributed by atoms with Crippen LogP contribution in [0.2, 0.25) is 0 Å². The van der Waals surface area contributed by atoms with Crippen molar-refractivity contribution in [3.63, 3.8) is 0 Å². The van der Waals surface area contributed by atoms with Crippen molar-refractivity contribution in [3.8, 4) is 11.5 Å². The summed E-state index contributed by atoms with van der Waals surface area (Å²) in [5.41, 5.74) is 0.403. The van der Waals surface area contributed by atoms with Gasteiger partial charge in [0.15, 0.2) is 17.3 Å². The fraction of sp³-hybridized carbons (Fsp3) is 0.263. The number of methoxy groups -OCH3 is 3. The predicted molar refractivity (Wildman–Crippen MR) is 105 cm³/mol. The molecule has 29 heavy (non-hydrogen) atoms. The van der Waals surface area contributed by atoms with E-state index in [1.165, 1.54) is 20.5 Å². The van der Waals surface area contributed by atoms with Crippen LogP contribution in [0.4, 0.5) is 5.82 Å². The first-order chi connectivity index (χ1) is 14.0. The fourth-order valence-electron chi connectivity index (χ4n) is 2.65. The maximum absolute atomic E-state index is 12.5. The largest absolute Gasteiger partial charge is 0.493 e. The molecule has 0 amide bonds. The summed E-state index contributed by atoms with van der Waals surface area (Å²) in [6, 6.07) is 3.34. The number of nitrogens with zero attached hydrogens (tertiary/aromatic N) is 2. The van der Waals surface area contributed by atoms with E-state index in [0.29, 0.717) is 35.6 Å². The Balaban J connectivity index is 2.01. The zero-order chi connectivity index (χ0) is 21.0. The topological polar surface area (TPSA) is 109 Å². The number of carbonyl (C=O) groups is 2. The van der Waals surface area contributed by atoms with Crippen LogP contribution in [0, 0.1) is 0 Å². The molecule has 0 atom stereocenters. The lowest BCUT2D eigenvalue weighted by Crippen LogP contribution is -2.23. The second-order valence-electron chi connectivity index (χ2n) is 5.80. The van der Waals surface area contributed by atoms with E-state index >= 15 is 0 Å². The summed E-state index contributed by atoms with van der Waals surface area (Å²) in [6.07, 6.45) is 2.35. The lowest BCUT2D eigenvalue weighted by molar-refractivity contribution is -0.117. The van der Waals surface area contributed by atoms with Crippen molar-refractivity contribution in [2.45, 2.75) is 0 Å². The summed E-state index contributed by atoms with van der Waals surface area (Å²) < 4.78 is 21.0. The Labute approximate surface area is 171 Å². The highest BCUT2D eigenvalue weighted by molar-refractivity contribution is 6.48. The second kappa shape index (κ2) is 8.89. The van der Waals surface area contributed by atoms with Gasteiger partial charge in [-0.3, -0.25) is 9.59 Å². The molecule has 1 aromatic carbocycles. The average Bonchev–Trinajstić information content (AvgIpc) is 2.73. The molecule has 2 aromatic rings. The number of hydrogen-bond acceptors (Lipinski definition) is 9. The third-order valence-electron chi connectivity index (χ3n) is 4.08. The van der Waals surface area contributed by atoms with Gasteiger partial charge in [0.1, 0.15) is 29.5 Å². The number of ketones is 2. The van der Waals surface area contributed by atoms with Gasteiger partial charge in [-0.1, -0.05) is 11.6 Å². The van der Waals surface area contributed by atoms with Crippen LogP contribution in [0.1, 0.15) is 0 Å². The molecule has 0 saturated heterocycles. The van der Waals surface area contributed by atoms with Crippen molar-refractivity contribution in [1.29, 1.82) is 0 Å². The molecule has 1 aromatic heterocycles. The molecule has 152 valence electrons. The van der Waals surface area contributed by atoms with Crippen molar-refractivity contribution < 1.29 is 28.5 Å². The van der Waals surface area contributed by atoms with Gasteiger partial charge in [0.05, 0.1) is 26.3 Å². The van der Waals surface area contributed by atoms with Gasteiger partial charge in [-0.25, -0.2) is 9.97 Å². The molecular formula is C19H18ClN3O6. The highest BCUT2D eigenvalue weighted by Gasteiger charge is 2.29. The van der Waals surface area contributed by atoms with E-state index in [1.807, 2.05) is 0 Å². The zero-order valence-electron chi connectivity index (χ0n) is 15.9. The molecule has 1 aliphatic rings. The Kier molecular flexibility index (Phi) is 6.30. The monoisotopic (exact) mass is 419 g/mol. The summed E-state index contributed by atoms with van der Waals surface area (Å²) >= 11 is 6.05. The van der Waals surface area contributed by atoms with E-state index in [0.717, 1.165) is 6.08 Å². The lowest BCUT2D eigenvalue weighted by atomic mass is 10.1. The Morgan fingerprint density at radius 1 is 1.03 bits per heavy atom. The van der Waals surface area contributed by atoms with E-state index in [1.54, 1.807) is 19.2 Å². The van der Waals surface area contributed by atoms with Crippen LogP contribution in [0.15, 0.2) is 41.0 Å². The molecule has 3 rings (SSSR count). The van der Waals surface area contributed by atoms with E-state index in [9.17, 15) is 9.59 Å². The summed E-state index contributed by atoms with van der Waals surface area (Å²) in [4.78, 5) is 33.0. The van der Waals surface area contributed by atoms with Crippen molar-refractivity contribution >= 4 is 39.9 Å². The molecule has 1 aliphatic carbocycles. The number of ether oxygens (including phenoxy) is 4. The Morgan fingerprint density at radius 2 is 1.83 bits per heavy atom. The van der Waals surface area contributed by atoms with Gasteiger partial charge in [0.25, 0.3) is 0 Å². The number of benzene rings is 1. The molecular weight excluding hydrogens is 402 g/mol. The predicted octanol–water partition coefficient (Wildman–Crippen LogP) is 2.21.